The molecule has 0 amide bonds. The number of alkyl halides is 3. The van der Waals surface area contributed by atoms with Gasteiger partial charge in [-0.2, -0.15) is 23.4 Å². The molecule has 10 aromatic heterocycles. The highest BCUT2D eigenvalue weighted by Gasteiger charge is 2.51. The van der Waals surface area contributed by atoms with Crippen molar-refractivity contribution in [1.29, 1.82) is 0 Å². The second-order valence-electron chi connectivity index (χ2n) is 33.4. The Morgan fingerprint density at radius 1 is 0.465 bits per heavy atom. The Kier molecular flexibility index (Phi) is 39.2. The predicted molar refractivity (Wildman–Crippen MR) is 549 cm³/mol. The average Bonchev–Trinajstić information content (AvgIpc) is 1.42. The van der Waals surface area contributed by atoms with Gasteiger partial charge in [-0.05, 0) is 157 Å². The molecular weight excluding hydrogens is 1920 g/mol. The Hall–Kier alpha value is -13.4. The Labute approximate surface area is 847 Å². The number of nitrogens with zero attached hydrogens (tertiary/aromatic N) is 15. The summed E-state index contributed by atoms with van der Waals surface area (Å²) in [6.07, 6.45) is 13.9. The first-order valence-electron chi connectivity index (χ1n) is 46.6. The highest BCUT2D eigenvalue weighted by atomic mass is 32.1. The van der Waals surface area contributed by atoms with Gasteiger partial charge < -0.3 is 43.1 Å². The van der Waals surface area contributed by atoms with E-state index in [0.717, 1.165) is 215 Å². The maximum Gasteiger partial charge on any atom is 0.421 e. The van der Waals surface area contributed by atoms with Gasteiger partial charge in [0.2, 0.25) is 0 Å². The fourth-order valence-electron chi connectivity index (χ4n) is 15.0. The molecule has 0 fully saturated rings. The van der Waals surface area contributed by atoms with Crippen LogP contribution in [0.4, 0.5) is 17.6 Å². The molecule has 734 valence electrons. The molecule has 2 N–H and O–H groups in total. The molecule has 1 aliphatic rings. The van der Waals surface area contributed by atoms with Crippen molar-refractivity contribution in [2.24, 2.45) is 0 Å². The van der Waals surface area contributed by atoms with E-state index < -0.39 is 11.8 Å². The van der Waals surface area contributed by atoms with E-state index in [-0.39, 0.29) is 23.8 Å². The summed E-state index contributed by atoms with van der Waals surface area (Å²) in [7, 11) is 1.65. The van der Waals surface area contributed by atoms with Gasteiger partial charge in [0.15, 0.2) is 11.4 Å². The largest absolute Gasteiger partial charge is 0.497 e. The smallest absolute Gasteiger partial charge is 0.421 e. The highest BCUT2D eigenvalue weighted by Crippen LogP contribution is 2.39. The number of fused-ring (bicyclic) bond motifs is 1. The van der Waals surface area contributed by atoms with Crippen molar-refractivity contribution >= 4 is 73.8 Å². The lowest BCUT2D eigenvalue weighted by atomic mass is 9.95. The number of aliphatic hydroxyl groups is 1. The third-order valence-electron chi connectivity index (χ3n) is 22.4. The lowest BCUT2D eigenvalue weighted by molar-refractivity contribution is -0.258. The summed E-state index contributed by atoms with van der Waals surface area (Å²) in [5.41, 5.74) is 7.72. The molecule has 19 rings (SSSR count). The molecule has 1 atom stereocenters. The molecule has 0 bridgehead atoms. The van der Waals surface area contributed by atoms with Crippen LogP contribution >= 0.6 is 68.0 Å². The molecule has 0 radical (unpaired) electrons. The first-order valence-corrected chi connectivity index (χ1v) is 51.9. The molecule has 11 heterocycles. The lowest BCUT2D eigenvalue weighted by Crippen LogP contribution is -2.39. The van der Waals surface area contributed by atoms with Gasteiger partial charge in [0, 0.05) is 148 Å². The van der Waals surface area contributed by atoms with E-state index in [2.05, 4.69) is 137 Å². The summed E-state index contributed by atoms with van der Waals surface area (Å²) in [5, 5.41) is 48.8. The van der Waals surface area contributed by atoms with Crippen LogP contribution in [0.15, 0.2) is 316 Å². The van der Waals surface area contributed by atoms with Gasteiger partial charge in [-0.1, -0.05) is 152 Å². The van der Waals surface area contributed by atoms with Crippen LogP contribution in [0, 0.1) is 5.82 Å². The number of benzene rings is 8. The number of Topliss-reactive ketones (excluding diaryl/α,β-unsaturated/α-hetero) is 1. The van der Waals surface area contributed by atoms with Gasteiger partial charge in [-0.25, -0.2) is 34.3 Å². The number of aryl methyl sites for hydroxylation is 3. The van der Waals surface area contributed by atoms with Crippen LogP contribution in [-0.2, 0) is 134 Å². The number of furan rings is 1. The Balaban J connectivity index is 0.000000135. The number of halogens is 4. The topological polar surface area (TPSA) is 259 Å². The van der Waals surface area contributed by atoms with E-state index >= 15 is 0 Å². The average molecular weight is 2030 g/mol. The lowest BCUT2D eigenvalue weighted by Gasteiger charge is -2.26. The number of aromatic nitrogens is 13. The van der Waals surface area contributed by atoms with Crippen LogP contribution in [0.25, 0.3) is 0 Å². The summed E-state index contributed by atoms with van der Waals surface area (Å²) < 4.78 is 91.2. The second kappa shape index (κ2) is 54.0. The van der Waals surface area contributed by atoms with Gasteiger partial charge in [-0.15, -0.1) is 78.2 Å². The first kappa shape index (κ1) is 103. The Morgan fingerprint density at radius 2 is 0.915 bits per heavy atom. The minimum absolute atomic E-state index is 0.137. The summed E-state index contributed by atoms with van der Waals surface area (Å²) in [6, 6.07) is 77.1. The number of ketones is 1. The molecular formula is C108H110F4N16O8S6. The zero-order chi connectivity index (χ0) is 98.2. The molecule has 0 saturated heterocycles. The molecule has 24 nitrogen and oxygen atoms in total. The summed E-state index contributed by atoms with van der Waals surface area (Å²) in [4.78, 5) is 45.4. The number of hydrogen-bond donors (Lipinski definition) is 2. The molecule has 1 aliphatic heterocycles. The van der Waals surface area contributed by atoms with Crippen molar-refractivity contribution < 1.29 is 55.6 Å². The summed E-state index contributed by atoms with van der Waals surface area (Å²) >= 11 is 9.82. The number of ether oxygens (including phenoxy) is 5. The number of nitrogens with one attached hydrogen (secondary N) is 1. The molecule has 0 saturated carbocycles. The Bertz CT molecular complexity index is 6550. The minimum Gasteiger partial charge on any atom is -0.497 e. The molecule has 18 aromatic rings. The van der Waals surface area contributed by atoms with Crippen molar-refractivity contribution in [3.63, 3.8) is 0 Å². The minimum atomic E-state index is -4.74. The van der Waals surface area contributed by atoms with Gasteiger partial charge in [0.05, 0.1) is 82.2 Å². The zero-order valence-electron chi connectivity index (χ0n) is 78.7. The number of carbonyl (C=O) groups excluding carboxylic acids is 1. The summed E-state index contributed by atoms with van der Waals surface area (Å²) in [6.45, 7) is 10.6. The SMILES string of the molecule is CC(O)(c1ccc(OCc2csc(Cc3ccccc3)n2)cc1)C(F)(F)F.COc1ccc(OCc2nc(CNCCc3nnc4n3CCC4)cs2)cc1.O=C(Cc1ccccc1)CN(Cc1csc(COc2ccc(F)cc2)n1)Cc1ccco1.c1ccc(Cc2nc(CN(CCn3cccn3)Cc3csc(Cc4ccccc4)n3)cs2)cc1.c1ccc(OCc2nc(CCCCn3cccn3)cs2)cc1. The van der Waals surface area contributed by atoms with Gasteiger partial charge >= 0.3 is 6.18 Å². The number of rotatable bonds is 45. The number of hydrogen-bond acceptors (Lipinski definition) is 27. The number of methoxy groups -OCH3 is 1. The first-order chi connectivity index (χ1) is 69.4. The van der Waals surface area contributed by atoms with Crippen LogP contribution in [0.2, 0.25) is 0 Å². The fraction of sp³-hybridized carbons (Fsp3) is 0.269. The Morgan fingerprint density at radius 3 is 1.44 bits per heavy atom. The predicted octanol–water partition coefficient (Wildman–Crippen LogP) is 22.6. The molecule has 1 unspecified atom stereocenters. The van der Waals surface area contributed by atoms with Gasteiger partial charge in [0.1, 0.15) is 93.4 Å². The zero-order valence-corrected chi connectivity index (χ0v) is 83.6. The van der Waals surface area contributed by atoms with E-state index in [1.807, 2.05) is 189 Å². The van der Waals surface area contributed by atoms with Crippen molar-refractivity contribution in [2.45, 2.75) is 162 Å². The van der Waals surface area contributed by atoms with Gasteiger partial charge in [-0.3, -0.25) is 24.0 Å². The van der Waals surface area contributed by atoms with Crippen molar-refractivity contribution in [3.8, 4) is 28.7 Å². The highest BCUT2D eigenvalue weighted by molar-refractivity contribution is 7.11. The van der Waals surface area contributed by atoms with E-state index in [1.54, 1.807) is 70.9 Å². The molecule has 0 spiro atoms. The maximum absolute atomic E-state index is 13.0. The van der Waals surface area contributed by atoms with Crippen LogP contribution < -0.4 is 29.0 Å². The number of unbranched alkanes of at least 4 members (excludes halogenated alkanes) is 1. The van der Waals surface area contributed by atoms with Crippen molar-refractivity contribution in [2.75, 3.05) is 26.7 Å². The molecule has 8 aromatic carbocycles. The number of carbonyl (C=O) groups is 1. The third-order valence-corrected chi connectivity index (χ3v) is 27.7. The standard InChI is InChI=1S/C27H27N5S2.C25H23FN2O3S.C20H18F3NO2S.C19H23N5O2S.C17H19N3OS/c1-3-8-22(9-4-1)16-26-29-24(20-33-26)18-31(14-15-32-13-7-12-28-32)19-25-21-34-27(30-25)17-23-10-5-2-6-11-23;26-20-8-10-23(11-9-20)31-17-25-27-21(18-32-25)14-28(16-24-7-4-12-30-24)15-22(29)13-19-5-2-1-3-6-19;1-19(25,20(21,22)23)15-7-9-17(10-8-15)26-12-16-13-27-18(24-16)11-14-5-3-2-4-6-14;1-25-15-4-6-16(7-5-15)26-12-19-21-14(13-27-19)11-20-9-8-18-23-22-17-3-2-10-24(17)18;1-2-8-16(9-3-1)21-13-17-19-15(14-22-17)7-4-5-11-20-12-6-10-18-20/h1-13,20-21H,14-19H2;1-12,18H,13-17H2;2-10,13,25H,11-12H2,1H3;4-7,13,20H,2-3,8-12H2,1H3;1-3,6,8-10,12,14H,4-5,7,11,13H2. The number of para-hydroxylation sites is 1. The second-order valence-corrected chi connectivity index (χ2v) is 39.1. The van der Waals surface area contributed by atoms with Crippen LogP contribution in [0.1, 0.15) is 136 Å². The quantitative estimate of drug-likeness (QED) is 0.0265. The molecule has 142 heavy (non-hydrogen) atoms. The molecule has 34 heteroatoms. The van der Waals surface area contributed by atoms with Crippen molar-refractivity contribution in [1.82, 2.24) is 79.3 Å². The van der Waals surface area contributed by atoms with E-state index in [9.17, 15) is 27.5 Å². The van der Waals surface area contributed by atoms with Gasteiger partial charge in [0.25, 0.3) is 0 Å². The van der Waals surface area contributed by atoms with Crippen LogP contribution in [-0.4, -0.2) is 118 Å². The summed E-state index contributed by atoms with van der Waals surface area (Å²) in [5.74, 6) is 6.38. The molecule has 0 aliphatic carbocycles. The maximum atomic E-state index is 13.0. The monoisotopic (exact) mass is 2030 g/mol. The van der Waals surface area contributed by atoms with Crippen LogP contribution in [0.5, 0.6) is 28.7 Å². The number of thiazole rings is 6. The normalized spacial score (nSPS) is 12.0. The third kappa shape index (κ3) is 33.9. The van der Waals surface area contributed by atoms with Crippen LogP contribution in [0.3, 0.4) is 0 Å². The van der Waals surface area contributed by atoms with E-state index in [0.29, 0.717) is 57.4 Å². The fourth-order valence-corrected chi connectivity index (χ4v) is 19.6. The van der Waals surface area contributed by atoms with E-state index in [4.69, 9.17) is 38.1 Å². The van der Waals surface area contributed by atoms with Crippen molar-refractivity contribution in [3.05, 3.63) is 427 Å². The van der Waals surface area contributed by atoms with E-state index in [1.165, 1.54) is 82.2 Å².